The van der Waals surface area contributed by atoms with Gasteiger partial charge in [0, 0.05) is 19.6 Å². The molecule has 1 aliphatic heterocycles. The van der Waals surface area contributed by atoms with Crippen molar-refractivity contribution in [1.82, 2.24) is 14.9 Å². The summed E-state index contributed by atoms with van der Waals surface area (Å²) in [7, 11) is 2.09. The van der Waals surface area contributed by atoms with Crippen molar-refractivity contribution in [2.24, 2.45) is 5.73 Å². The zero-order valence-corrected chi connectivity index (χ0v) is 11.1. The van der Waals surface area contributed by atoms with E-state index in [0.717, 1.165) is 19.7 Å². The van der Waals surface area contributed by atoms with Crippen LogP contribution >= 0.6 is 12.2 Å². The van der Waals surface area contributed by atoms with Crippen molar-refractivity contribution in [2.75, 3.05) is 38.6 Å². The Hall–Kier alpha value is -1.31. The van der Waals surface area contributed by atoms with Crippen LogP contribution in [0.2, 0.25) is 0 Å². The number of nitrogens with zero attached hydrogens (tertiary/aromatic N) is 3. The van der Waals surface area contributed by atoms with E-state index in [2.05, 4.69) is 27.2 Å². The molecule has 2 heterocycles. The SMILES string of the molecule is CN1CCOC(CNc2cnc(C(N)=S)cn2)C1. The summed E-state index contributed by atoms with van der Waals surface area (Å²) in [6, 6.07) is 0. The highest BCUT2D eigenvalue weighted by Crippen LogP contribution is 2.06. The Labute approximate surface area is 112 Å². The maximum Gasteiger partial charge on any atom is 0.144 e. The third kappa shape index (κ3) is 3.59. The van der Waals surface area contributed by atoms with Gasteiger partial charge in [-0.1, -0.05) is 12.2 Å². The predicted octanol–water partition coefficient (Wildman–Crippen LogP) is -0.147. The van der Waals surface area contributed by atoms with Gasteiger partial charge in [0.25, 0.3) is 0 Å². The van der Waals surface area contributed by atoms with Gasteiger partial charge in [-0.25, -0.2) is 9.97 Å². The molecule has 3 N–H and O–H groups in total. The van der Waals surface area contributed by atoms with Crippen LogP contribution < -0.4 is 11.1 Å². The maximum absolute atomic E-state index is 5.64. The van der Waals surface area contributed by atoms with Crippen LogP contribution in [0.5, 0.6) is 0 Å². The summed E-state index contributed by atoms with van der Waals surface area (Å²) in [4.78, 5) is 10.8. The fraction of sp³-hybridized carbons (Fsp3) is 0.545. The topological polar surface area (TPSA) is 76.3 Å². The zero-order valence-electron chi connectivity index (χ0n) is 10.3. The van der Waals surface area contributed by atoms with E-state index < -0.39 is 0 Å². The normalized spacial score (nSPS) is 20.6. The lowest BCUT2D eigenvalue weighted by Crippen LogP contribution is -2.43. The summed E-state index contributed by atoms with van der Waals surface area (Å²) in [6.07, 6.45) is 3.38. The number of aromatic nitrogens is 2. The minimum atomic E-state index is 0.181. The molecule has 6 nitrogen and oxygen atoms in total. The highest BCUT2D eigenvalue weighted by atomic mass is 32.1. The molecule has 0 saturated carbocycles. The van der Waals surface area contributed by atoms with Crippen LogP contribution in [0.3, 0.4) is 0 Å². The number of hydrogen-bond donors (Lipinski definition) is 2. The van der Waals surface area contributed by atoms with E-state index in [-0.39, 0.29) is 11.1 Å². The number of morpholine rings is 1. The maximum atomic E-state index is 5.64. The highest BCUT2D eigenvalue weighted by molar-refractivity contribution is 7.80. The van der Waals surface area contributed by atoms with Crippen LogP contribution in [0.4, 0.5) is 5.82 Å². The monoisotopic (exact) mass is 267 g/mol. The summed E-state index contributed by atoms with van der Waals surface area (Å²) in [5.41, 5.74) is 5.98. The summed E-state index contributed by atoms with van der Waals surface area (Å²) < 4.78 is 5.64. The van der Waals surface area contributed by atoms with Gasteiger partial charge in [0.15, 0.2) is 0 Å². The Morgan fingerprint density at radius 1 is 1.61 bits per heavy atom. The molecule has 1 unspecified atom stereocenters. The average molecular weight is 267 g/mol. The van der Waals surface area contributed by atoms with E-state index in [1.807, 2.05) is 0 Å². The second kappa shape index (κ2) is 6.03. The van der Waals surface area contributed by atoms with Gasteiger partial charge in [-0.15, -0.1) is 0 Å². The number of anilines is 1. The fourth-order valence-corrected chi connectivity index (χ4v) is 1.86. The number of nitrogens with one attached hydrogen (secondary N) is 1. The fourth-order valence-electron chi connectivity index (χ4n) is 1.76. The van der Waals surface area contributed by atoms with Crippen LogP contribution in [-0.4, -0.2) is 59.2 Å². The standard InChI is InChI=1S/C11H17N5OS/c1-16-2-3-17-8(7-16)4-14-10-6-13-9(5-15-10)11(12)18/h5-6,8H,2-4,7H2,1H3,(H2,12,18)(H,14,15). The summed E-state index contributed by atoms with van der Waals surface area (Å²) in [5, 5.41) is 3.19. The smallest absolute Gasteiger partial charge is 0.144 e. The summed E-state index contributed by atoms with van der Waals surface area (Å²) in [6.45, 7) is 3.39. The van der Waals surface area contributed by atoms with Crippen LogP contribution in [0.15, 0.2) is 12.4 Å². The minimum Gasteiger partial charge on any atom is -0.388 e. The van der Waals surface area contributed by atoms with Crippen LogP contribution in [-0.2, 0) is 4.74 Å². The van der Waals surface area contributed by atoms with Crippen molar-refractivity contribution in [3.63, 3.8) is 0 Å². The molecular weight excluding hydrogens is 250 g/mol. The van der Waals surface area contributed by atoms with Crippen molar-refractivity contribution >= 4 is 23.0 Å². The minimum absolute atomic E-state index is 0.181. The Kier molecular flexibility index (Phi) is 4.40. The molecule has 1 saturated heterocycles. The number of likely N-dealkylation sites (N-methyl/N-ethyl adjacent to an activating group) is 1. The Morgan fingerprint density at radius 2 is 2.44 bits per heavy atom. The Balaban J connectivity index is 1.84. The van der Waals surface area contributed by atoms with Crippen molar-refractivity contribution in [1.29, 1.82) is 0 Å². The van der Waals surface area contributed by atoms with Gasteiger partial charge in [0.2, 0.25) is 0 Å². The van der Waals surface area contributed by atoms with Gasteiger partial charge < -0.3 is 20.7 Å². The molecule has 18 heavy (non-hydrogen) atoms. The first-order chi connectivity index (χ1) is 8.65. The first-order valence-electron chi connectivity index (χ1n) is 5.81. The van der Waals surface area contributed by atoms with Crippen molar-refractivity contribution in [2.45, 2.75) is 6.10 Å². The molecule has 0 spiro atoms. The molecule has 98 valence electrons. The van der Waals surface area contributed by atoms with E-state index in [1.165, 1.54) is 0 Å². The first-order valence-corrected chi connectivity index (χ1v) is 6.22. The van der Waals surface area contributed by atoms with Gasteiger partial charge in [-0.3, -0.25) is 0 Å². The molecule has 0 aliphatic carbocycles. The lowest BCUT2D eigenvalue weighted by atomic mass is 10.3. The number of hydrogen-bond acceptors (Lipinski definition) is 6. The first kappa shape index (κ1) is 13.1. The van der Waals surface area contributed by atoms with E-state index in [1.54, 1.807) is 12.4 Å². The molecule has 1 aromatic heterocycles. The number of rotatable bonds is 4. The number of thiocarbonyl (C=S) groups is 1. The van der Waals surface area contributed by atoms with Gasteiger partial charge in [0.05, 0.1) is 25.1 Å². The van der Waals surface area contributed by atoms with Gasteiger partial charge in [0.1, 0.15) is 16.5 Å². The van der Waals surface area contributed by atoms with Crippen molar-refractivity contribution in [3.8, 4) is 0 Å². The van der Waals surface area contributed by atoms with Crippen LogP contribution in [0.25, 0.3) is 0 Å². The zero-order chi connectivity index (χ0) is 13.0. The predicted molar refractivity (Wildman–Crippen MR) is 73.6 cm³/mol. The van der Waals surface area contributed by atoms with E-state index in [4.69, 9.17) is 22.7 Å². The second-order valence-electron chi connectivity index (χ2n) is 4.29. The highest BCUT2D eigenvalue weighted by Gasteiger charge is 2.17. The second-order valence-corrected chi connectivity index (χ2v) is 4.73. The number of ether oxygens (including phenoxy) is 1. The molecule has 2 rings (SSSR count). The van der Waals surface area contributed by atoms with E-state index in [9.17, 15) is 0 Å². The van der Waals surface area contributed by atoms with E-state index >= 15 is 0 Å². The molecule has 1 atom stereocenters. The summed E-state index contributed by atoms with van der Waals surface area (Å²) >= 11 is 4.81. The molecule has 7 heteroatoms. The van der Waals surface area contributed by atoms with Crippen LogP contribution in [0, 0.1) is 0 Å². The Morgan fingerprint density at radius 3 is 3.06 bits per heavy atom. The molecule has 1 fully saturated rings. The van der Waals surface area contributed by atoms with Crippen molar-refractivity contribution in [3.05, 3.63) is 18.1 Å². The van der Waals surface area contributed by atoms with Crippen LogP contribution in [0.1, 0.15) is 5.69 Å². The van der Waals surface area contributed by atoms with Crippen molar-refractivity contribution < 1.29 is 4.74 Å². The molecule has 0 bridgehead atoms. The van der Waals surface area contributed by atoms with Gasteiger partial charge in [-0.2, -0.15) is 0 Å². The molecule has 0 radical (unpaired) electrons. The molecule has 0 amide bonds. The third-order valence-electron chi connectivity index (χ3n) is 2.76. The average Bonchev–Trinajstić information content (AvgIpc) is 2.37. The largest absolute Gasteiger partial charge is 0.388 e. The number of nitrogens with two attached hydrogens (primary N) is 1. The lowest BCUT2D eigenvalue weighted by Gasteiger charge is -2.30. The van der Waals surface area contributed by atoms with Gasteiger partial charge >= 0.3 is 0 Å². The lowest BCUT2D eigenvalue weighted by molar-refractivity contribution is -0.0117. The molecule has 1 aliphatic rings. The molecule has 1 aromatic rings. The quantitative estimate of drug-likeness (QED) is 0.735. The summed E-state index contributed by atoms with van der Waals surface area (Å²) in [5.74, 6) is 0.701. The molecular formula is C11H17N5OS. The third-order valence-corrected chi connectivity index (χ3v) is 2.97. The Bertz CT molecular complexity index is 410. The van der Waals surface area contributed by atoms with Gasteiger partial charge in [-0.05, 0) is 7.05 Å². The molecule has 0 aromatic carbocycles. The van der Waals surface area contributed by atoms with E-state index in [0.29, 0.717) is 18.1 Å².